The summed E-state index contributed by atoms with van der Waals surface area (Å²) < 4.78 is 33.0. The first kappa shape index (κ1) is 13.5. The van der Waals surface area contributed by atoms with Gasteiger partial charge in [-0.15, -0.1) is 11.3 Å². The van der Waals surface area contributed by atoms with Crippen LogP contribution in [-0.2, 0) is 14.8 Å². The number of morpholine rings is 1. The molecule has 0 aromatic carbocycles. The van der Waals surface area contributed by atoms with Gasteiger partial charge in [-0.05, 0) is 41.9 Å². The summed E-state index contributed by atoms with van der Waals surface area (Å²) in [5, 5.41) is 0. The maximum Gasteiger partial charge on any atom is 0.252 e. The van der Waals surface area contributed by atoms with Crippen molar-refractivity contribution in [1.82, 2.24) is 4.31 Å². The topological polar surface area (TPSA) is 46.6 Å². The second kappa shape index (κ2) is 4.97. The molecule has 1 fully saturated rings. The molecule has 1 aromatic heterocycles. The standard InChI is InChI=1S/C10H14BrNO3S2/c1-7-5-12(6-8(2)15-7)17(13,14)10-4-3-9(11)16-10/h3-4,7-8H,5-6H2,1-2H3/t7-,8-/m1/s1. The fourth-order valence-corrected chi connectivity index (χ4v) is 5.65. The Labute approximate surface area is 114 Å². The van der Waals surface area contributed by atoms with Crippen LogP contribution in [0.1, 0.15) is 13.8 Å². The molecule has 0 saturated carbocycles. The third-order valence-corrected chi connectivity index (χ3v) is 6.45. The number of hydrogen-bond acceptors (Lipinski definition) is 4. The van der Waals surface area contributed by atoms with Crippen LogP contribution in [0.5, 0.6) is 0 Å². The van der Waals surface area contributed by atoms with E-state index in [9.17, 15) is 8.42 Å². The average Bonchev–Trinajstić information content (AvgIpc) is 2.64. The van der Waals surface area contributed by atoms with Gasteiger partial charge >= 0.3 is 0 Å². The van der Waals surface area contributed by atoms with Crippen molar-refractivity contribution < 1.29 is 13.2 Å². The van der Waals surface area contributed by atoms with E-state index in [0.29, 0.717) is 17.3 Å². The quantitative estimate of drug-likeness (QED) is 0.830. The summed E-state index contributed by atoms with van der Waals surface area (Å²) in [4.78, 5) is 0. The Hall–Kier alpha value is 0.0500. The molecule has 17 heavy (non-hydrogen) atoms. The molecule has 7 heteroatoms. The number of hydrogen-bond donors (Lipinski definition) is 0. The zero-order valence-electron chi connectivity index (χ0n) is 9.59. The van der Waals surface area contributed by atoms with Crippen LogP contribution in [0.15, 0.2) is 20.1 Å². The second-order valence-corrected chi connectivity index (χ2v) is 8.77. The Balaban J connectivity index is 2.26. The van der Waals surface area contributed by atoms with Gasteiger partial charge in [0, 0.05) is 13.1 Å². The summed E-state index contributed by atoms with van der Waals surface area (Å²) in [5.41, 5.74) is 0. The van der Waals surface area contributed by atoms with E-state index in [-0.39, 0.29) is 12.2 Å². The Kier molecular flexibility index (Phi) is 3.94. The van der Waals surface area contributed by atoms with E-state index in [1.165, 1.54) is 15.6 Å². The molecule has 96 valence electrons. The highest BCUT2D eigenvalue weighted by molar-refractivity contribution is 9.11. The van der Waals surface area contributed by atoms with Crippen LogP contribution in [0, 0.1) is 0 Å². The molecule has 0 radical (unpaired) electrons. The van der Waals surface area contributed by atoms with E-state index in [0.717, 1.165) is 3.79 Å². The summed E-state index contributed by atoms with van der Waals surface area (Å²) in [7, 11) is -3.37. The third kappa shape index (κ3) is 2.90. The molecule has 1 aromatic rings. The molecule has 2 rings (SSSR count). The van der Waals surface area contributed by atoms with Crippen molar-refractivity contribution >= 4 is 37.3 Å². The number of sulfonamides is 1. The second-order valence-electron chi connectivity index (χ2n) is 4.14. The van der Waals surface area contributed by atoms with E-state index < -0.39 is 10.0 Å². The largest absolute Gasteiger partial charge is 0.373 e. The fraction of sp³-hybridized carbons (Fsp3) is 0.600. The van der Waals surface area contributed by atoms with E-state index in [2.05, 4.69) is 15.9 Å². The molecule has 0 aliphatic carbocycles. The zero-order chi connectivity index (χ0) is 12.6. The maximum absolute atomic E-state index is 12.4. The van der Waals surface area contributed by atoms with Gasteiger partial charge < -0.3 is 4.74 Å². The number of thiophene rings is 1. The minimum Gasteiger partial charge on any atom is -0.373 e. The predicted octanol–water partition coefficient (Wildman–Crippen LogP) is 2.31. The van der Waals surface area contributed by atoms with Crippen LogP contribution in [0.25, 0.3) is 0 Å². The summed E-state index contributed by atoms with van der Waals surface area (Å²) in [6.45, 7) is 4.62. The van der Waals surface area contributed by atoms with Crippen molar-refractivity contribution in [2.45, 2.75) is 30.3 Å². The minimum absolute atomic E-state index is 0.0584. The van der Waals surface area contributed by atoms with Crippen LogP contribution in [0.4, 0.5) is 0 Å². The Bertz CT molecular complexity index is 489. The van der Waals surface area contributed by atoms with Gasteiger partial charge in [-0.1, -0.05) is 0 Å². The average molecular weight is 340 g/mol. The molecule has 1 aliphatic rings. The molecule has 2 atom stereocenters. The van der Waals surface area contributed by atoms with Gasteiger partial charge in [0.2, 0.25) is 0 Å². The fourth-order valence-electron chi connectivity index (χ4n) is 1.89. The van der Waals surface area contributed by atoms with Crippen molar-refractivity contribution in [3.8, 4) is 0 Å². The van der Waals surface area contributed by atoms with Crippen LogP contribution < -0.4 is 0 Å². The molecule has 0 unspecified atom stereocenters. The first-order valence-electron chi connectivity index (χ1n) is 5.30. The molecule has 0 amide bonds. The van der Waals surface area contributed by atoms with Gasteiger partial charge in [0.25, 0.3) is 10.0 Å². The lowest BCUT2D eigenvalue weighted by atomic mass is 10.3. The van der Waals surface area contributed by atoms with E-state index in [4.69, 9.17) is 4.74 Å². The van der Waals surface area contributed by atoms with Gasteiger partial charge in [0.15, 0.2) is 0 Å². The lowest BCUT2D eigenvalue weighted by Gasteiger charge is -2.34. The molecule has 2 heterocycles. The van der Waals surface area contributed by atoms with Crippen LogP contribution in [0.2, 0.25) is 0 Å². The van der Waals surface area contributed by atoms with Gasteiger partial charge in [-0.25, -0.2) is 8.42 Å². The van der Waals surface area contributed by atoms with Gasteiger partial charge in [0.1, 0.15) is 4.21 Å². The van der Waals surface area contributed by atoms with Crippen molar-refractivity contribution in [3.63, 3.8) is 0 Å². The van der Waals surface area contributed by atoms with E-state index >= 15 is 0 Å². The molecular weight excluding hydrogens is 326 g/mol. The molecular formula is C10H14BrNO3S2. The first-order chi connectivity index (χ1) is 7.89. The Morgan fingerprint density at radius 2 is 1.94 bits per heavy atom. The highest BCUT2D eigenvalue weighted by Gasteiger charge is 2.32. The highest BCUT2D eigenvalue weighted by Crippen LogP contribution is 2.29. The van der Waals surface area contributed by atoms with Crippen LogP contribution in [-0.4, -0.2) is 38.0 Å². The third-order valence-electron chi connectivity index (χ3n) is 2.53. The lowest BCUT2D eigenvalue weighted by molar-refractivity contribution is -0.0440. The summed E-state index contributed by atoms with van der Waals surface area (Å²) >= 11 is 4.52. The molecule has 1 aliphatic heterocycles. The highest BCUT2D eigenvalue weighted by atomic mass is 79.9. The minimum atomic E-state index is -3.37. The molecule has 4 nitrogen and oxygen atoms in total. The van der Waals surface area contributed by atoms with E-state index in [1.807, 2.05) is 13.8 Å². The SMILES string of the molecule is C[C@@H]1CN(S(=O)(=O)c2ccc(Br)s2)C[C@@H](C)O1. The zero-order valence-corrected chi connectivity index (χ0v) is 12.8. The molecule has 0 bridgehead atoms. The number of halogens is 1. The summed E-state index contributed by atoms with van der Waals surface area (Å²) in [5.74, 6) is 0. The summed E-state index contributed by atoms with van der Waals surface area (Å²) in [6.07, 6.45) is -0.117. The lowest BCUT2D eigenvalue weighted by Crippen LogP contribution is -2.47. The maximum atomic E-state index is 12.4. The summed E-state index contributed by atoms with van der Waals surface area (Å²) in [6, 6.07) is 3.39. The predicted molar refractivity (Wildman–Crippen MR) is 70.8 cm³/mol. The number of ether oxygens (including phenoxy) is 1. The normalized spacial score (nSPS) is 27.2. The van der Waals surface area contributed by atoms with E-state index in [1.54, 1.807) is 12.1 Å². The van der Waals surface area contributed by atoms with Crippen molar-refractivity contribution in [3.05, 3.63) is 15.9 Å². The van der Waals surface area contributed by atoms with Crippen LogP contribution in [0.3, 0.4) is 0 Å². The molecule has 0 spiro atoms. The van der Waals surface area contributed by atoms with Gasteiger partial charge in [0.05, 0.1) is 16.0 Å². The van der Waals surface area contributed by atoms with Crippen molar-refractivity contribution in [2.24, 2.45) is 0 Å². The molecule has 1 saturated heterocycles. The number of rotatable bonds is 2. The molecule has 0 N–H and O–H groups in total. The van der Waals surface area contributed by atoms with Crippen molar-refractivity contribution in [2.75, 3.05) is 13.1 Å². The number of nitrogens with zero attached hydrogens (tertiary/aromatic N) is 1. The Morgan fingerprint density at radius 1 is 1.35 bits per heavy atom. The van der Waals surface area contributed by atoms with Gasteiger partial charge in [-0.3, -0.25) is 0 Å². The smallest absolute Gasteiger partial charge is 0.252 e. The van der Waals surface area contributed by atoms with Crippen molar-refractivity contribution in [1.29, 1.82) is 0 Å². The Morgan fingerprint density at radius 3 is 2.41 bits per heavy atom. The first-order valence-corrected chi connectivity index (χ1v) is 8.35. The van der Waals surface area contributed by atoms with Crippen LogP contribution >= 0.6 is 27.3 Å². The monoisotopic (exact) mass is 339 g/mol. The van der Waals surface area contributed by atoms with Gasteiger partial charge in [-0.2, -0.15) is 4.31 Å².